The molecule has 4 heterocycles. The number of aliphatic hydroxyl groups is 1. The van der Waals surface area contributed by atoms with Crippen LogP contribution >= 0.6 is 12.4 Å². The fraction of sp³-hybridized carbons (Fsp3) is 0.381. The maximum atomic E-state index is 14.4. The van der Waals surface area contributed by atoms with E-state index in [0.29, 0.717) is 55.2 Å². The number of amides is 2. The molecular weight excluding hydrogens is 442 g/mol. The Kier molecular flexibility index (Phi) is 6.16. The molecule has 1 aromatic carbocycles. The summed E-state index contributed by atoms with van der Waals surface area (Å²) in [5, 5.41) is 16.7. The van der Waals surface area contributed by atoms with Crippen LogP contribution in [0.15, 0.2) is 36.7 Å². The Morgan fingerprint density at radius 2 is 2.03 bits per heavy atom. The highest BCUT2D eigenvalue weighted by atomic mass is 35.5. The van der Waals surface area contributed by atoms with Crippen molar-refractivity contribution in [1.29, 1.82) is 0 Å². The zero-order chi connectivity index (χ0) is 21.5. The number of carbonyl (C=O) groups is 1. The molecule has 0 aliphatic carbocycles. The Morgan fingerprint density at radius 1 is 1.19 bits per heavy atom. The van der Waals surface area contributed by atoms with E-state index in [1.807, 2.05) is 4.90 Å². The largest absolute Gasteiger partial charge is 0.391 e. The first-order valence-corrected chi connectivity index (χ1v) is 10.3. The summed E-state index contributed by atoms with van der Waals surface area (Å²) >= 11 is 0. The summed E-state index contributed by atoms with van der Waals surface area (Å²) < 4.78 is 29.7. The van der Waals surface area contributed by atoms with E-state index in [4.69, 9.17) is 0 Å². The van der Waals surface area contributed by atoms with Gasteiger partial charge in [0.05, 0.1) is 18.3 Å². The molecule has 8 nitrogen and oxygen atoms in total. The lowest BCUT2D eigenvalue weighted by Gasteiger charge is -2.26. The highest BCUT2D eigenvalue weighted by molar-refractivity contribution is 5.93. The molecule has 0 radical (unpaired) electrons. The van der Waals surface area contributed by atoms with Crippen molar-refractivity contribution in [2.45, 2.75) is 31.4 Å². The molecule has 3 aromatic rings. The Bertz CT molecular complexity index is 1140. The minimum absolute atomic E-state index is 0. The standard InChI is InChI=1S/C21H22F2N6O2.ClH/c22-13-3-4-16(23)15(10-13)18-2-1-7-28(18)19-6-9-29-20(26-19)17(11-24-29)25-21(31)27-8-5-14(30)12-27;/h3-4,6,9-11,14,18,30H,1-2,5,7-8,12H2,(H,25,31);1H. The first kappa shape index (κ1) is 22.2. The van der Waals surface area contributed by atoms with Gasteiger partial charge in [-0.05, 0) is 43.5 Å². The summed E-state index contributed by atoms with van der Waals surface area (Å²) in [7, 11) is 0. The number of aliphatic hydroxyl groups excluding tert-OH is 1. The van der Waals surface area contributed by atoms with Crippen LogP contribution in [0.3, 0.4) is 0 Å². The monoisotopic (exact) mass is 464 g/mol. The molecule has 0 saturated carbocycles. The molecule has 170 valence electrons. The normalized spacial score (nSPS) is 20.6. The topological polar surface area (TPSA) is 86.0 Å². The highest BCUT2D eigenvalue weighted by Gasteiger charge is 2.30. The van der Waals surface area contributed by atoms with Gasteiger partial charge in [0, 0.05) is 31.4 Å². The van der Waals surface area contributed by atoms with Crippen molar-refractivity contribution >= 4 is 35.6 Å². The van der Waals surface area contributed by atoms with Gasteiger partial charge in [-0.25, -0.2) is 23.1 Å². The maximum Gasteiger partial charge on any atom is 0.322 e. The number of nitrogens with zero attached hydrogens (tertiary/aromatic N) is 5. The fourth-order valence-electron chi connectivity index (χ4n) is 4.36. The number of likely N-dealkylation sites (tertiary alicyclic amines) is 1. The van der Waals surface area contributed by atoms with Crippen molar-refractivity contribution in [3.05, 3.63) is 53.9 Å². The van der Waals surface area contributed by atoms with Crippen molar-refractivity contribution in [2.75, 3.05) is 29.9 Å². The smallest absolute Gasteiger partial charge is 0.322 e. The first-order valence-electron chi connectivity index (χ1n) is 10.3. The van der Waals surface area contributed by atoms with E-state index in [-0.39, 0.29) is 24.5 Å². The van der Waals surface area contributed by atoms with Gasteiger partial charge in [0.15, 0.2) is 5.65 Å². The van der Waals surface area contributed by atoms with Gasteiger partial charge in [-0.3, -0.25) is 0 Å². The summed E-state index contributed by atoms with van der Waals surface area (Å²) in [5.74, 6) is -0.310. The fourth-order valence-corrected chi connectivity index (χ4v) is 4.36. The number of aromatic nitrogens is 3. The van der Waals surface area contributed by atoms with Gasteiger partial charge < -0.3 is 20.2 Å². The second kappa shape index (κ2) is 8.87. The number of benzene rings is 1. The molecule has 0 bridgehead atoms. The number of β-amino-alcohol motifs (C(OH)–C–C–N with tert-alkyl or cyclic N) is 1. The van der Waals surface area contributed by atoms with E-state index in [1.165, 1.54) is 12.3 Å². The Labute approximate surface area is 189 Å². The number of fused-ring (bicyclic) bond motifs is 1. The van der Waals surface area contributed by atoms with Gasteiger partial charge in [-0.1, -0.05) is 0 Å². The first-order chi connectivity index (χ1) is 15.0. The second-order valence-electron chi connectivity index (χ2n) is 7.95. The third kappa shape index (κ3) is 4.07. The van der Waals surface area contributed by atoms with Crippen LogP contribution < -0.4 is 10.2 Å². The summed E-state index contributed by atoms with van der Waals surface area (Å²) in [6.45, 7) is 1.43. The zero-order valence-electron chi connectivity index (χ0n) is 17.1. The van der Waals surface area contributed by atoms with Crippen molar-refractivity contribution in [1.82, 2.24) is 19.5 Å². The quantitative estimate of drug-likeness (QED) is 0.620. The van der Waals surface area contributed by atoms with Crippen LogP contribution in [0.5, 0.6) is 0 Å². The zero-order valence-corrected chi connectivity index (χ0v) is 17.9. The number of urea groups is 1. The summed E-state index contributed by atoms with van der Waals surface area (Å²) in [6, 6.07) is 4.64. The van der Waals surface area contributed by atoms with E-state index in [1.54, 1.807) is 21.7 Å². The van der Waals surface area contributed by atoms with E-state index in [9.17, 15) is 18.7 Å². The Morgan fingerprint density at radius 3 is 2.81 bits per heavy atom. The predicted molar refractivity (Wildman–Crippen MR) is 117 cm³/mol. The number of anilines is 2. The third-order valence-electron chi connectivity index (χ3n) is 5.91. The third-order valence-corrected chi connectivity index (χ3v) is 5.91. The van der Waals surface area contributed by atoms with Crippen LogP contribution in [-0.2, 0) is 0 Å². The van der Waals surface area contributed by atoms with Crippen molar-refractivity contribution in [2.24, 2.45) is 0 Å². The van der Waals surface area contributed by atoms with Crippen LogP contribution in [0.4, 0.5) is 25.1 Å². The number of nitrogens with one attached hydrogen (secondary N) is 1. The lowest BCUT2D eigenvalue weighted by atomic mass is 10.0. The van der Waals surface area contributed by atoms with Gasteiger partial charge in [-0.15, -0.1) is 12.4 Å². The molecule has 2 unspecified atom stereocenters. The Hall–Kier alpha value is -2.98. The SMILES string of the molecule is Cl.O=C(Nc1cnn2ccc(N3CCCC3c3cc(F)ccc3F)nc12)N1CCC(O)C1. The molecule has 2 atom stereocenters. The highest BCUT2D eigenvalue weighted by Crippen LogP contribution is 2.37. The molecule has 32 heavy (non-hydrogen) atoms. The number of carbonyl (C=O) groups excluding carboxylic acids is 1. The summed E-state index contributed by atoms with van der Waals surface area (Å²) in [4.78, 5) is 20.7. The van der Waals surface area contributed by atoms with Gasteiger partial charge >= 0.3 is 6.03 Å². The van der Waals surface area contributed by atoms with Crippen LogP contribution in [0.25, 0.3) is 5.65 Å². The minimum atomic E-state index is -0.505. The number of halogens is 3. The average molecular weight is 465 g/mol. The van der Waals surface area contributed by atoms with Crippen LogP contribution in [0, 0.1) is 11.6 Å². The minimum Gasteiger partial charge on any atom is -0.391 e. The van der Waals surface area contributed by atoms with E-state index >= 15 is 0 Å². The molecule has 2 amide bonds. The lowest BCUT2D eigenvalue weighted by molar-refractivity contribution is 0.176. The van der Waals surface area contributed by atoms with Crippen molar-refractivity contribution < 1.29 is 18.7 Å². The molecule has 2 aliphatic rings. The number of hydrogen-bond acceptors (Lipinski definition) is 5. The number of hydrogen-bond donors (Lipinski definition) is 2. The molecule has 2 saturated heterocycles. The van der Waals surface area contributed by atoms with E-state index in [2.05, 4.69) is 15.4 Å². The molecule has 2 aromatic heterocycles. The van der Waals surface area contributed by atoms with E-state index in [0.717, 1.165) is 18.6 Å². The predicted octanol–water partition coefficient (Wildman–Crippen LogP) is 3.37. The van der Waals surface area contributed by atoms with Gasteiger partial charge in [0.25, 0.3) is 0 Å². The van der Waals surface area contributed by atoms with Gasteiger partial charge in [0.2, 0.25) is 0 Å². The molecule has 2 fully saturated rings. The second-order valence-corrected chi connectivity index (χ2v) is 7.95. The molecule has 5 rings (SSSR count). The molecular formula is C21H23ClF2N6O2. The van der Waals surface area contributed by atoms with Crippen LogP contribution in [0.2, 0.25) is 0 Å². The summed E-state index contributed by atoms with van der Waals surface area (Å²) in [6.07, 6.45) is 4.81. The van der Waals surface area contributed by atoms with Crippen molar-refractivity contribution in [3.63, 3.8) is 0 Å². The van der Waals surface area contributed by atoms with Crippen molar-refractivity contribution in [3.8, 4) is 0 Å². The molecule has 2 N–H and O–H groups in total. The van der Waals surface area contributed by atoms with E-state index < -0.39 is 17.7 Å². The molecule has 0 spiro atoms. The maximum absolute atomic E-state index is 14.4. The van der Waals surface area contributed by atoms with Crippen LogP contribution in [-0.4, -0.2) is 56.4 Å². The molecule has 2 aliphatic heterocycles. The van der Waals surface area contributed by atoms with Gasteiger partial charge in [-0.2, -0.15) is 5.10 Å². The number of rotatable bonds is 3. The van der Waals surface area contributed by atoms with Gasteiger partial charge in [0.1, 0.15) is 23.1 Å². The van der Waals surface area contributed by atoms with Crippen LogP contribution in [0.1, 0.15) is 30.9 Å². The summed E-state index contributed by atoms with van der Waals surface area (Å²) in [5.41, 5.74) is 1.21. The molecule has 11 heteroatoms. The average Bonchev–Trinajstić information content (AvgIpc) is 3.49. The lowest BCUT2D eigenvalue weighted by Crippen LogP contribution is -2.33. The Balaban J connectivity index is 0.00000245.